The van der Waals surface area contributed by atoms with E-state index in [1.165, 1.54) is 0 Å². The van der Waals surface area contributed by atoms with Gasteiger partial charge in [0.15, 0.2) is 6.61 Å². The first-order valence-corrected chi connectivity index (χ1v) is 9.40. The number of benzene rings is 2. The number of amides is 1. The topological polar surface area (TPSA) is 38.3 Å². The molecule has 3 nitrogen and oxygen atoms in total. The molecule has 0 aliphatic heterocycles. The lowest BCUT2D eigenvalue weighted by Crippen LogP contribution is -2.33. The lowest BCUT2D eigenvalue weighted by molar-refractivity contribution is -0.124. The van der Waals surface area contributed by atoms with E-state index in [9.17, 15) is 4.79 Å². The number of ether oxygens (including phenoxy) is 1. The number of nitrogens with one attached hydrogen (secondary N) is 1. The molecule has 0 saturated heterocycles. The molecule has 1 amide bonds. The van der Waals surface area contributed by atoms with Crippen LogP contribution in [0.2, 0.25) is 0 Å². The van der Waals surface area contributed by atoms with Crippen molar-refractivity contribution in [3.05, 3.63) is 63.6 Å². The standard InChI is InChI=1S/C21H26BrNO2/c1-14(2)10-19(17-8-6-5-7-9-17)23-20(24)13-25-18-11-15(3)21(22)16(4)12-18/h5-9,11-12,14,19H,10,13H2,1-4H3,(H,23,24). The number of hydrogen-bond donors (Lipinski definition) is 1. The minimum absolute atomic E-state index is 0.00527. The monoisotopic (exact) mass is 403 g/mol. The van der Waals surface area contributed by atoms with Crippen LogP contribution < -0.4 is 10.1 Å². The van der Waals surface area contributed by atoms with Gasteiger partial charge < -0.3 is 10.1 Å². The Kier molecular flexibility index (Phi) is 7.06. The Morgan fingerprint density at radius 1 is 1.12 bits per heavy atom. The van der Waals surface area contributed by atoms with Crippen LogP contribution in [-0.2, 0) is 4.79 Å². The summed E-state index contributed by atoms with van der Waals surface area (Å²) in [6.45, 7) is 8.36. The van der Waals surface area contributed by atoms with Crippen molar-refractivity contribution in [1.29, 1.82) is 0 Å². The lowest BCUT2D eigenvalue weighted by Gasteiger charge is -2.21. The largest absolute Gasteiger partial charge is 0.484 e. The normalized spacial score (nSPS) is 12.1. The summed E-state index contributed by atoms with van der Waals surface area (Å²) in [7, 11) is 0. The molecular weight excluding hydrogens is 378 g/mol. The fraction of sp³-hybridized carbons (Fsp3) is 0.381. The summed E-state index contributed by atoms with van der Waals surface area (Å²) in [6.07, 6.45) is 0.895. The van der Waals surface area contributed by atoms with E-state index in [2.05, 4.69) is 47.2 Å². The minimum Gasteiger partial charge on any atom is -0.484 e. The summed E-state index contributed by atoms with van der Waals surface area (Å²) in [6, 6.07) is 14.0. The van der Waals surface area contributed by atoms with Crippen LogP contribution in [0.3, 0.4) is 0 Å². The molecule has 1 atom stereocenters. The minimum atomic E-state index is -0.104. The highest BCUT2D eigenvalue weighted by Gasteiger charge is 2.16. The zero-order chi connectivity index (χ0) is 18.4. The van der Waals surface area contributed by atoms with Crippen LogP contribution in [0, 0.1) is 19.8 Å². The van der Waals surface area contributed by atoms with Crippen molar-refractivity contribution in [2.24, 2.45) is 5.92 Å². The summed E-state index contributed by atoms with van der Waals surface area (Å²) < 4.78 is 6.77. The van der Waals surface area contributed by atoms with Gasteiger partial charge in [-0.05, 0) is 55.0 Å². The number of halogens is 1. The van der Waals surface area contributed by atoms with Gasteiger partial charge in [-0.15, -0.1) is 0 Å². The molecule has 0 saturated carbocycles. The van der Waals surface area contributed by atoms with Crippen LogP contribution in [0.1, 0.15) is 43.0 Å². The lowest BCUT2D eigenvalue weighted by atomic mass is 9.97. The summed E-state index contributed by atoms with van der Waals surface area (Å²) in [5.74, 6) is 1.10. The Morgan fingerprint density at radius 3 is 2.28 bits per heavy atom. The van der Waals surface area contributed by atoms with Gasteiger partial charge in [-0.1, -0.05) is 60.1 Å². The molecule has 0 radical (unpaired) electrons. The second-order valence-electron chi connectivity index (χ2n) is 6.82. The molecule has 25 heavy (non-hydrogen) atoms. The molecule has 0 bridgehead atoms. The van der Waals surface area contributed by atoms with Gasteiger partial charge in [0.2, 0.25) is 0 Å². The maximum absolute atomic E-state index is 12.4. The van der Waals surface area contributed by atoms with Crippen LogP contribution in [0.25, 0.3) is 0 Å². The molecule has 0 spiro atoms. The molecular formula is C21H26BrNO2. The van der Waals surface area contributed by atoms with E-state index >= 15 is 0 Å². The van der Waals surface area contributed by atoms with Crippen LogP contribution >= 0.6 is 15.9 Å². The zero-order valence-corrected chi connectivity index (χ0v) is 16.9. The van der Waals surface area contributed by atoms with Crippen molar-refractivity contribution >= 4 is 21.8 Å². The zero-order valence-electron chi connectivity index (χ0n) is 15.3. The second-order valence-corrected chi connectivity index (χ2v) is 7.61. The molecule has 2 aromatic rings. The van der Waals surface area contributed by atoms with Crippen molar-refractivity contribution in [2.45, 2.75) is 40.2 Å². The highest BCUT2D eigenvalue weighted by atomic mass is 79.9. The van der Waals surface area contributed by atoms with E-state index in [0.29, 0.717) is 11.7 Å². The van der Waals surface area contributed by atoms with E-state index in [1.807, 2.05) is 44.2 Å². The first-order valence-electron chi connectivity index (χ1n) is 8.60. The van der Waals surface area contributed by atoms with E-state index in [4.69, 9.17) is 4.74 Å². The summed E-state index contributed by atoms with van der Waals surface area (Å²) in [4.78, 5) is 12.4. The first-order chi connectivity index (χ1) is 11.9. The highest BCUT2D eigenvalue weighted by molar-refractivity contribution is 9.10. The molecule has 1 N–H and O–H groups in total. The van der Waals surface area contributed by atoms with Gasteiger partial charge in [-0.2, -0.15) is 0 Å². The van der Waals surface area contributed by atoms with Gasteiger partial charge in [0.25, 0.3) is 5.91 Å². The van der Waals surface area contributed by atoms with Crippen molar-refractivity contribution in [2.75, 3.05) is 6.61 Å². The fourth-order valence-corrected chi connectivity index (χ4v) is 3.04. The number of aryl methyl sites for hydroxylation is 2. The summed E-state index contributed by atoms with van der Waals surface area (Å²) in [5, 5.41) is 3.10. The SMILES string of the molecule is Cc1cc(OCC(=O)NC(CC(C)C)c2ccccc2)cc(C)c1Br. The number of rotatable bonds is 7. The molecule has 0 aliphatic rings. The predicted octanol–water partition coefficient (Wildman–Crippen LogP) is 5.35. The third-order valence-electron chi connectivity index (χ3n) is 4.02. The van der Waals surface area contributed by atoms with Gasteiger partial charge >= 0.3 is 0 Å². The molecule has 0 heterocycles. The highest BCUT2D eigenvalue weighted by Crippen LogP contribution is 2.26. The van der Waals surface area contributed by atoms with Gasteiger partial charge in [0, 0.05) is 4.47 Å². The van der Waals surface area contributed by atoms with Crippen LogP contribution in [-0.4, -0.2) is 12.5 Å². The Balaban J connectivity index is 1.99. The molecule has 4 heteroatoms. The second kappa shape index (κ2) is 9.04. The van der Waals surface area contributed by atoms with Gasteiger partial charge in [-0.3, -0.25) is 4.79 Å². The van der Waals surface area contributed by atoms with Gasteiger partial charge in [0.05, 0.1) is 6.04 Å². The number of carbonyl (C=O) groups excluding carboxylic acids is 1. The molecule has 0 fully saturated rings. The van der Waals surface area contributed by atoms with E-state index < -0.39 is 0 Å². The van der Waals surface area contributed by atoms with Gasteiger partial charge in [0.1, 0.15) is 5.75 Å². The Bertz CT molecular complexity index is 690. The predicted molar refractivity (Wildman–Crippen MR) is 106 cm³/mol. The van der Waals surface area contributed by atoms with E-state index in [1.54, 1.807) is 0 Å². The third-order valence-corrected chi connectivity index (χ3v) is 5.27. The van der Waals surface area contributed by atoms with Crippen LogP contribution in [0.15, 0.2) is 46.9 Å². The fourth-order valence-electron chi connectivity index (χ4n) is 2.81. The smallest absolute Gasteiger partial charge is 0.258 e. The number of carbonyl (C=O) groups is 1. The maximum atomic E-state index is 12.4. The molecule has 0 aliphatic carbocycles. The average Bonchev–Trinajstić information content (AvgIpc) is 2.57. The van der Waals surface area contributed by atoms with Crippen molar-refractivity contribution < 1.29 is 9.53 Å². The Morgan fingerprint density at radius 2 is 1.72 bits per heavy atom. The van der Waals surface area contributed by atoms with E-state index in [0.717, 1.165) is 27.6 Å². The molecule has 2 aromatic carbocycles. The summed E-state index contributed by atoms with van der Waals surface area (Å²) in [5.41, 5.74) is 3.31. The molecule has 1 unspecified atom stereocenters. The maximum Gasteiger partial charge on any atom is 0.258 e. The quantitative estimate of drug-likeness (QED) is 0.676. The number of hydrogen-bond acceptors (Lipinski definition) is 2. The Hall–Kier alpha value is -1.81. The molecule has 0 aromatic heterocycles. The summed E-state index contributed by atoms with van der Waals surface area (Å²) >= 11 is 3.54. The van der Waals surface area contributed by atoms with Crippen molar-refractivity contribution in [1.82, 2.24) is 5.32 Å². The van der Waals surface area contributed by atoms with Crippen LogP contribution in [0.5, 0.6) is 5.75 Å². The van der Waals surface area contributed by atoms with Crippen molar-refractivity contribution in [3.63, 3.8) is 0 Å². The van der Waals surface area contributed by atoms with Crippen LogP contribution in [0.4, 0.5) is 0 Å². The van der Waals surface area contributed by atoms with Gasteiger partial charge in [-0.25, -0.2) is 0 Å². The average molecular weight is 404 g/mol. The Labute approximate surface area is 158 Å². The third kappa shape index (κ3) is 5.89. The van der Waals surface area contributed by atoms with E-state index in [-0.39, 0.29) is 18.6 Å². The van der Waals surface area contributed by atoms with Crippen molar-refractivity contribution in [3.8, 4) is 5.75 Å². The molecule has 134 valence electrons. The molecule has 2 rings (SSSR count). The first kappa shape index (κ1) is 19.5.